The summed E-state index contributed by atoms with van der Waals surface area (Å²) in [4.78, 5) is 40.6. The molecule has 1 fully saturated rings. The van der Waals surface area contributed by atoms with E-state index in [2.05, 4.69) is 11.4 Å². The standard InChI is InChI=1S/C24H26N4O3/c1-27(22(29)13-12-18-8-4-2-5-9-18)17-23(30)28-16-19(14-21(28)15-25)24(31)26-20-10-6-3-7-11-20/h2-11,19,21H,12-14,16-17H2,1H3,(H,26,31). The maximum absolute atomic E-state index is 12.8. The van der Waals surface area contributed by atoms with Gasteiger partial charge in [-0.05, 0) is 30.5 Å². The first-order valence-electron chi connectivity index (χ1n) is 10.3. The number of amides is 3. The average Bonchev–Trinajstić information content (AvgIpc) is 3.23. The molecule has 0 spiro atoms. The van der Waals surface area contributed by atoms with Crippen LogP contribution < -0.4 is 5.32 Å². The number of para-hydroxylation sites is 1. The number of carbonyl (C=O) groups is 3. The number of hydrogen-bond donors (Lipinski definition) is 1. The summed E-state index contributed by atoms with van der Waals surface area (Å²) in [6.07, 6.45) is 1.19. The number of hydrogen-bond acceptors (Lipinski definition) is 4. The van der Waals surface area contributed by atoms with Crippen molar-refractivity contribution in [2.75, 3.05) is 25.5 Å². The van der Waals surface area contributed by atoms with Gasteiger partial charge in [0, 0.05) is 25.7 Å². The predicted octanol–water partition coefficient (Wildman–Crippen LogP) is 2.46. The van der Waals surface area contributed by atoms with Gasteiger partial charge in [0.15, 0.2) is 0 Å². The van der Waals surface area contributed by atoms with Gasteiger partial charge in [-0.3, -0.25) is 14.4 Å². The van der Waals surface area contributed by atoms with E-state index in [1.807, 2.05) is 48.5 Å². The second-order valence-corrected chi connectivity index (χ2v) is 7.71. The van der Waals surface area contributed by atoms with Crippen LogP contribution in [0.1, 0.15) is 18.4 Å². The Hall–Kier alpha value is -3.66. The van der Waals surface area contributed by atoms with Crippen LogP contribution in [0.5, 0.6) is 0 Å². The van der Waals surface area contributed by atoms with Crippen molar-refractivity contribution in [1.29, 1.82) is 5.26 Å². The van der Waals surface area contributed by atoms with Gasteiger partial charge in [0.2, 0.25) is 17.7 Å². The number of aryl methyl sites for hydroxylation is 1. The summed E-state index contributed by atoms with van der Waals surface area (Å²) in [6.45, 7) is 0.0562. The minimum atomic E-state index is -0.674. The molecule has 0 bridgehead atoms. The highest BCUT2D eigenvalue weighted by Gasteiger charge is 2.39. The normalized spacial score (nSPS) is 17.6. The van der Waals surface area contributed by atoms with E-state index < -0.39 is 12.0 Å². The number of likely N-dealkylation sites (tertiary alicyclic amines) is 1. The van der Waals surface area contributed by atoms with E-state index in [1.165, 1.54) is 9.80 Å². The van der Waals surface area contributed by atoms with Crippen molar-refractivity contribution in [3.05, 3.63) is 66.2 Å². The third-order valence-electron chi connectivity index (χ3n) is 5.45. The van der Waals surface area contributed by atoms with Crippen LogP contribution in [-0.4, -0.2) is 53.7 Å². The van der Waals surface area contributed by atoms with Crippen molar-refractivity contribution >= 4 is 23.4 Å². The molecular formula is C24H26N4O3. The van der Waals surface area contributed by atoms with Gasteiger partial charge in [0.05, 0.1) is 18.5 Å². The molecule has 7 nitrogen and oxygen atoms in total. The number of nitrogens with zero attached hydrogens (tertiary/aromatic N) is 3. The Balaban J connectivity index is 1.53. The Kier molecular flexibility index (Phi) is 7.39. The molecule has 2 aromatic rings. The average molecular weight is 418 g/mol. The summed E-state index contributed by atoms with van der Waals surface area (Å²) < 4.78 is 0. The summed E-state index contributed by atoms with van der Waals surface area (Å²) in [5.41, 5.74) is 1.74. The van der Waals surface area contributed by atoms with Gasteiger partial charge in [-0.2, -0.15) is 5.26 Å². The number of nitrogens with one attached hydrogen (secondary N) is 1. The quantitative estimate of drug-likeness (QED) is 0.747. The van der Waals surface area contributed by atoms with Crippen LogP contribution in [-0.2, 0) is 20.8 Å². The molecule has 2 aromatic carbocycles. The molecule has 3 amide bonds. The van der Waals surface area contributed by atoms with Crippen LogP contribution in [0, 0.1) is 17.2 Å². The van der Waals surface area contributed by atoms with Gasteiger partial charge in [0.25, 0.3) is 0 Å². The van der Waals surface area contributed by atoms with E-state index in [0.29, 0.717) is 18.5 Å². The third kappa shape index (κ3) is 5.92. The van der Waals surface area contributed by atoms with Crippen LogP contribution in [0.15, 0.2) is 60.7 Å². The zero-order chi connectivity index (χ0) is 22.2. The van der Waals surface area contributed by atoms with Gasteiger partial charge in [-0.25, -0.2) is 0 Å². The fourth-order valence-corrected chi connectivity index (χ4v) is 3.66. The third-order valence-corrected chi connectivity index (χ3v) is 5.45. The summed E-state index contributed by atoms with van der Waals surface area (Å²) in [5, 5.41) is 12.3. The molecule has 2 unspecified atom stereocenters. The van der Waals surface area contributed by atoms with Gasteiger partial charge in [0.1, 0.15) is 6.04 Å². The smallest absolute Gasteiger partial charge is 0.243 e. The molecule has 1 N–H and O–H groups in total. The van der Waals surface area contributed by atoms with Crippen LogP contribution in [0.4, 0.5) is 5.69 Å². The van der Waals surface area contributed by atoms with Crippen LogP contribution in [0.3, 0.4) is 0 Å². The highest BCUT2D eigenvalue weighted by molar-refractivity contribution is 5.94. The van der Waals surface area contributed by atoms with E-state index in [4.69, 9.17) is 0 Å². The number of benzene rings is 2. The molecule has 31 heavy (non-hydrogen) atoms. The monoisotopic (exact) mass is 418 g/mol. The maximum atomic E-state index is 12.8. The number of likely N-dealkylation sites (N-methyl/N-ethyl adjacent to an activating group) is 1. The number of rotatable bonds is 7. The van der Waals surface area contributed by atoms with Crippen molar-refractivity contribution in [1.82, 2.24) is 9.80 Å². The van der Waals surface area contributed by atoms with Gasteiger partial charge < -0.3 is 15.1 Å². The molecule has 7 heteroatoms. The molecule has 0 aliphatic carbocycles. The molecule has 1 saturated heterocycles. The Labute approximate surface area is 182 Å². The summed E-state index contributed by atoms with van der Waals surface area (Å²) in [7, 11) is 1.59. The Morgan fingerprint density at radius 2 is 1.74 bits per heavy atom. The van der Waals surface area contributed by atoms with E-state index in [0.717, 1.165) is 5.56 Å². The predicted molar refractivity (Wildman–Crippen MR) is 117 cm³/mol. The van der Waals surface area contributed by atoms with Crippen molar-refractivity contribution in [3.63, 3.8) is 0 Å². The summed E-state index contributed by atoms with van der Waals surface area (Å²) in [6, 6.07) is 20.2. The second-order valence-electron chi connectivity index (χ2n) is 7.71. The Morgan fingerprint density at radius 3 is 2.39 bits per heavy atom. The van der Waals surface area contributed by atoms with E-state index in [9.17, 15) is 19.6 Å². The van der Waals surface area contributed by atoms with Crippen LogP contribution >= 0.6 is 0 Å². The van der Waals surface area contributed by atoms with Crippen molar-refractivity contribution in [2.45, 2.75) is 25.3 Å². The number of carbonyl (C=O) groups excluding carboxylic acids is 3. The molecule has 3 rings (SSSR count). The highest BCUT2D eigenvalue weighted by Crippen LogP contribution is 2.24. The first kappa shape index (κ1) is 22.0. The zero-order valence-electron chi connectivity index (χ0n) is 17.5. The first-order chi connectivity index (χ1) is 15.0. The molecule has 1 aliphatic rings. The first-order valence-corrected chi connectivity index (χ1v) is 10.3. The molecule has 0 radical (unpaired) electrons. The van der Waals surface area contributed by atoms with Gasteiger partial charge >= 0.3 is 0 Å². The fourth-order valence-electron chi connectivity index (χ4n) is 3.66. The molecule has 0 saturated carbocycles. The SMILES string of the molecule is CN(CC(=O)N1CC(C(=O)Nc2ccccc2)CC1C#N)C(=O)CCc1ccccc1. The topological polar surface area (TPSA) is 93.5 Å². The minimum Gasteiger partial charge on any atom is -0.336 e. The number of anilines is 1. The van der Waals surface area contributed by atoms with Crippen molar-refractivity contribution in [2.24, 2.45) is 5.92 Å². The lowest BCUT2D eigenvalue weighted by Gasteiger charge is -2.24. The molecule has 160 valence electrons. The van der Waals surface area contributed by atoms with Crippen LogP contribution in [0.25, 0.3) is 0 Å². The van der Waals surface area contributed by atoms with E-state index >= 15 is 0 Å². The lowest BCUT2D eigenvalue weighted by Crippen LogP contribution is -2.43. The lowest BCUT2D eigenvalue weighted by atomic mass is 10.1. The lowest BCUT2D eigenvalue weighted by molar-refractivity contribution is -0.139. The summed E-state index contributed by atoms with van der Waals surface area (Å²) >= 11 is 0. The maximum Gasteiger partial charge on any atom is 0.243 e. The minimum absolute atomic E-state index is 0.112. The highest BCUT2D eigenvalue weighted by atomic mass is 16.2. The van der Waals surface area contributed by atoms with E-state index in [-0.39, 0.29) is 37.2 Å². The van der Waals surface area contributed by atoms with Crippen molar-refractivity contribution < 1.29 is 14.4 Å². The van der Waals surface area contributed by atoms with Gasteiger partial charge in [-0.15, -0.1) is 0 Å². The van der Waals surface area contributed by atoms with Crippen LogP contribution in [0.2, 0.25) is 0 Å². The largest absolute Gasteiger partial charge is 0.336 e. The fraction of sp³-hybridized carbons (Fsp3) is 0.333. The Morgan fingerprint density at radius 1 is 1.10 bits per heavy atom. The molecule has 0 aromatic heterocycles. The molecule has 2 atom stereocenters. The number of nitriles is 1. The molecule has 1 aliphatic heterocycles. The second kappa shape index (κ2) is 10.4. The van der Waals surface area contributed by atoms with Crippen molar-refractivity contribution in [3.8, 4) is 6.07 Å². The van der Waals surface area contributed by atoms with E-state index in [1.54, 1.807) is 19.2 Å². The van der Waals surface area contributed by atoms with Gasteiger partial charge in [-0.1, -0.05) is 48.5 Å². The zero-order valence-corrected chi connectivity index (χ0v) is 17.5. The Bertz CT molecular complexity index is 956. The summed E-state index contributed by atoms with van der Waals surface area (Å²) in [5.74, 6) is -1.14. The molecular weight excluding hydrogens is 392 g/mol. The molecule has 1 heterocycles.